The molecular formula is C12H17BrN2. The van der Waals surface area contributed by atoms with Gasteiger partial charge in [-0.05, 0) is 31.4 Å². The zero-order valence-electron chi connectivity index (χ0n) is 9.06. The molecule has 0 saturated carbocycles. The van der Waals surface area contributed by atoms with Gasteiger partial charge in [0.05, 0.1) is 0 Å². The predicted molar refractivity (Wildman–Crippen MR) is 67.6 cm³/mol. The Kier molecular flexibility index (Phi) is 3.62. The smallest absolute Gasteiger partial charge is 0.128 e. The minimum absolute atomic E-state index is 0.590. The zero-order valence-corrected chi connectivity index (χ0v) is 10.7. The van der Waals surface area contributed by atoms with Crippen molar-refractivity contribution in [2.45, 2.75) is 37.1 Å². The van der Waals surface area contributed by atoms with E-state index in [4.69, 9.17) is 0 Å². The van der Waals surface area contributed by atoms with Gasteiger partial charge in [0.25, 0.3) is 0 Å². The Morgan fingerprint density at radius 2 is 2.47 bits per heavy atom. The summed E-state index contributed by atoms with van der Waals surface area (Å²) in [7, 11) is 0. The SMILES string of the molecule is CC(Br)CC1CCCN1c1ccccn1. The Balaban J connectivity index is 2.08. The van der Waals surface area contributed by atoms with E-state index in [9.17, 15) is 0 Å². The van der Waals surface area contributed by atoms with Crippen LogP contribution in [-0.4, -0.2) is 22.4 Å². The summed E-state index contributed by atoms with van der Waals surface area (Å²) in [6.07, 6.45) is 5.67. The van der Waals surface area contributed by atoms with E-state index < -0.39 is 0 Å². The van der Waals surface area contributed by atoms with Crippen LogP contribution in [0.1, 0.15) is 26.2 Å². The highest BCUT2D eigenvalue weighted by atomic mass is 79.9. The Hall–Kier alpha value is -0.570. The molecule has 1 fully saturated rings. The molecule has 0 aromatic carbocycles. The second-order valence-corrected chi connectivity index (χ2v) is 5.76. The molecule has 2 heterocycles. The third kappa shape index (κ3) is 2.71. The minimum atomic E-state index is 0.590. The predicted octanol–water partition coefficient (Wildman–Crippen LogP) is 3.22. The number of nitrogens with zero attached hydrogens (tertiary/aromatic N) is 2. The summed E-state index contributed by atoms with van der Waals surface area (Å²) < 4.78 is 0. The average Bonchev–Trinajstić information content (AvgIpc) is 2.66. The molecule has 2 rings (SSSR count). The van der Waals surface area contributed by atoms with Gasteiger partial charge in [0.15, 0.2) is 0 Å². The monoisotopic (exact) mass is 268 g/mol. The van der Waals surface area contributed by atoms with Crippen LogP contribution in [0.5, 0.6) is 0 Å². The summed E-state index contributed by atoms with van der Waals surface area (Å²) in [6.45, 7) is 3.37. The van der Waals surface area contributed by atoms with Gasteiger partial charge in [-0.3, -0.25) is 0 Å². The fourth-order valence-electron chi connectivity index (χ4n) is 2.28. The van der Waals surface area contributed by atoms with Crippen molar-refractivity contribution >= 4 is 21.7 Å². The van der Waals surface area contributed by atoms with Crippen molar-refractivity contribution in [3.05, 3.63) is 24.4 Å². The maximum absolute atomic E-state index is 4.43. The lowest BCUT2D eigenvalue weighted by Gasteiger charge is -2.26. The van der Waals surface area contributed by atoms with Gasteiger partial charge in [0, 0.05) is 23.6 Å². The van der Waals surface area contributed by atoms with Crippen LogP contribution in [-0.2, 0) is 0 Å². The summed E-state index contributed by atoms with van der Waals surface area (Å²) in [6, 6.07) is 6.81. The van der Waals surface area contributed by atoms with Crippen molar-refractivity contribution in [3.63, 3.8) is 0 Å². The number of aromatic nitrogens is 1. The first kappa shape index (κ1) is 10.9. The number of anilines is 1. The van der Waals surface area contributed by atoms with Gasteiger partial charge in [0.1, 0.15) is 5.82 Å². The van der Waals surface area contributed by atoms with Crippen molar-refractivity contribution in [1.29, 1.82) is 0 Å². The van der Waals surface area contributed by atoms with E-state index in [2.05, 4.69) is 44.9 Å². The first-order valence-electron chi connectivity index (χ1n) is 5.59. The Labute approximate surface area is 99.8 Å². The van der Waals surface area contributed by atoms with Gasteiger partial charge in [-0.15, -0.1) is 0 Å². The lowest BCUT2D eigenvalue weighted by Crippen LogP contribution is -2.31. The zero-order chi connectivity index (χ0) is 10.7. The van der Waals surface area contributed by atoms with E-state index in [-0.39, 0.29) is 0 Å². The van der Waals surface area contributed by atoms with E-state index in [0.717, 1.165) is 12.4 Å². The van der Waals surface area contributed by atoms with Gasteiger partial charge in [-0.1, -0.05) is 28.9 Å². The lowest BCUT2D eigenvalue weighted by molar-refractivity contribution is 0.608. The molecule has 15 heavy (non-hydrogen) atoms. The Morgan fingerprint density at radius 1 is 1.60 bits per heavy atom. The number of rotatable bonds is 3. The molecule has 0 radical (unpaired) electrons. The maximum atomic E-state index is 4.43. The quantitative estimate of drug-likeness (QED) is 0.783. The van der Waals surface area contributed by atoms with Crippen molar-refractivity contribution < 1.29 is 0 Å². The first-order chi connectivity index (χ1) is 7.27. The van der Waals surface area contributed by atoms with Gasteiger partial charge in [-0.25, -0.2) is 4.98 Å². The molecule has 0 spiro atoms. The van der Waals surface area contributed by atoms with Crippen molar-refractivity contribution in [1.82, 2.24) is 4.98 Å². The van der Waals surface area contributed by atoms with E-state index in [1.807, 2.05) is 12.3 Å². The summed E-state index contributed by atoms with van der Waals surface area (Å²) in [4.78, 5) is 7.46. The highest BCUT2D eigenvalue weighted by Gasteiger charge is 2.26. The number of hydrogen-bond acceptors (Lipinski definition) is 2. The molecule has 0 aliphatic carbocycles. The van der Waals surface area contributed by atoms with Crippen LogP contribution in [0.2, 0.25) is 0 Å². The average molecular weight is 269 g/mol. The van der Waals surface area contributed by atoms with Crippen LogP contribution in [0.4, 0.5) is 5.82 Å². The number of alkyl halides is 1. The molecule has 82 valence electrons. The van der Waals surface area contributed by atoms with Crippen molar-refractivity contribution in [2.24, 2.45) is 0 Å². The third-order valence-corrected chi connectivity index (χ3v) is 3.29. The molecule has 1 aromatic rings. The summed E-state index contributed by atoms with van der Waals surface area (Å²) in [5, 5.41) is 0. The molecular weight excluding hydrogens is 252 g/mol. The summed E-state index contributed by atoms with van der Waals surface area (Å²) >= 11 is 3.64. The van der Waals surface area contributed by atoms with Crippen molar-refractivity contribution in [2.75, 3.05) is 11.4 Å². The molecule has 0 amide bonds. The van der Waals surface area contributed by atoms with Crippen LogP contribution >= 0.6 is 15.9 Å². The van der Waals surface area contributed by atoms with Crippen LogP contribution in [0.15, 0.2) is 24.4 Å². The van der Waals surface area contributed by atoms with Crippen LogP contribution in [0, 0.1) is 0 Å². The summed E-state index contributed by atoms with van der Waals surface area (Å²) in [5.74, 6) is 1.13. The number of halogens is 1. The van der Waals surface area contributed by atoms with Gasteiger partial charge < -0.3 is 4.90 Å². The Bertz CT molecular complexity index is 300. The maximum Gasteiger partial charge on any atom is 0.128 e. The second kappa shape index (κ2) is 4.97. The van der Waals surface area contributed by atoms with Crippen LogP contribution in [0.3, 0.4) is 0 Å². The fourth-order valence-corrected chi connectivity index (χ4v) is 2.71. The van der Waals surface area contributed by atoms with Crippen molar-refractivity contribution in [3.8, 4) is 0 Å². The van der Waals surface area contributed by atoms with Gasteiger partial charge in [0.2, 0.25) is 0 Å². The minimum Gasteiger partial charge on any atom is -0.354 e. The molecule has 1 aromatic heterocycles. The molecule has 0 N–H and O–H groups in total. The van der Waals surface area contributed by atoms with Crippen LogP contribution < -0.4 is 4.90 Å². The first-order valence-corrected chi connectivity index (χ1v) is 6.50. The Morgan fingerprint density at radius 3 is 3.13 bits per heavy atom. The van der Waals surface area contributed by atoms with Crippen LogP contribution in [0.25, 0.3) is 0 Å². The second-order valence-electron chi connectivity index (χ2n) is 4.19. The highest BCUT2D eigenvalue weighted by molar-refractivity contribution is 9.09. The molecule has 2 atom stereocenters. The lowest BCUT2D eigenvalue weighted by atomic mass is 10.1. The number of pyridine rings is 1. The van der Waals surface area contributed by atoms with Gasteiger partial charge in [-0.2, -0.15) is 0 Å². The molecule has 2 nitrogen and oxygen atoms in total. The van der Waals surface area contributed by atoms with E-state index in [0.29, 0.717) is 10.9 Å². The third-order valence-electron chi connectivity index (χ3n) is 2.92. The molecule has 1 saturated heterocycles. The number of hydrogen-bond donors (Lipinski definition) is 0. The molecule has 0 bridgehead atoms. The molecule has 1 aliphatic heterocycles. The fraction of sp³-hybridized carbons (Fsp3) is 0.583. The van der Waals surface area contributed by atoms with E-state index in [1.165, 1.54) is 19.3 Å². The molecule has 1 aliphatic rings. The van der Waals surface area contributed by atoms with Gasteiger partial charge >= 0.3 is 0 Å². The standard InChI is InChI=1S/C12H17BrN2/c1-10(13)9-11-5-4-8-15(11)12-6-2-3-7-14-12/h2-3,6-7,10-11H,4-5,8-9H2,1H3. The molecule has 2 unspecified atom stereocenters. The topological polar surface area (TPSA) is 16.1 Å². The normalized spacial score (nSPS) is 23.1. The summed E-state index contributed by atoms with van der Waals surface area (Å²) in [5.41, 5.74) is 0. The largest absolute Gasteiger partial charge is 0.354 e. The van der Waals surface area contributed by atoms with E-state index in [1.54, 1.807) is 0 Å². The van der Waals surface area contributed by atoms with E-state index >= 15 is 0 Å². The highest BCUT2D eigenvalue weighted by Crippen LogP contribution is 2.27. The molecule has 3 heteroatoms.